The summed E-state index contributed by atoms with van der Waals surface area (Å²) in [7, 11) is 1.55. The van der Waals surface area contributed by atoms with Crippen LogP contribution in [-0.4, -0.2) is 37.7 Å². The normalized spacial score (nSPS) is 10.4. The van der Waals surface area contributed by atoms with Crippen LogP contribution in [0, 0.1) is 0 Å². The van der Waals surface area contributed by atoms with E-state index >= 15 is 0 Å². The van der Waals surface area contributed by atoms with Crippen molar-refractivity contribution >= 4 is 24.0 Å². The number of ether oxygens (including phenoxy) is 2. The Hall–Kier alpha value is -3.88. The largest absolute Gasteiger partial charge is 0.545 e. The number of hydrogen-bond donors (Lipinski definition) is 2. The molecule has 0 spiro atoms. The van der Waals surface area contributed by atoms with Crippen LogP contribution in [-0.2, 0) is 16.1 Å². The first-order valence-electron chi connectivity index (χ1n) is 8.67. The Bertz CT molecular complexity index is 909. The first kappa shape index (κ1) is 21.4. The number of carboxylic acid groups (broad SMARTS) is 1. The van der Waals surface area contributed by atoms with Gasteiger partial charge in [-0.05, 0) is 48.4 Å². The van der Waals surface area contributed by atoms with Gasteiger partial charge >= 0.3 is 11.8 Å². The highest BCUT2D eigenvalue weighted by Gasteiger charge is 2.12. The summed E-state index contributed by atoms with van der Waals surface area (Å²) < 4.78 is 10.3. The Morgan fingerprint density at radius 3 is 2.45 bits per heavy atom. The maximum absolute atomic E-state index is 11.8. The number of methoxy groups -OCH3 is 1. The summed E-state index contributed by atoms with van der Waals surface area (Å²) in [5.41, 5.74) is 3.11. The molecule has 29 heavy (non-hydrogen) atoms. The van der Waals surface area contributed by atoms with Gasteiger partial charge in [0, 0.05) is 12.1 Å². The minimum atomic E-state index is -1.40. The van der Waals surface area contributed by atoms with Gasteiger partial charge in [-0.2, -0.15) is 5.10 Å². The smallest absolute Gasteiger partial charge is 0.329 e. The van der Waals surface area contributed by atoms with Crippen LogP contribution >= 0.6 is 0 Å². The van der Waals surface area contributed by atoms with Crippen LogP contribution in [0.4, 0.5) is 0 Å². The van der Waals surface area contributed by atoms with E-state index in [1.165, 1.54) is 18.3 Å². The Kier molecular flexibility index (Phi) is 7.72. The van der Waals surface area contributed by atoms with E-state index < -0.39 is 17.8 Å². The Labute approximate surface area is 167 Å². The molecular weight excluding hydrogens is 378 g/mol. The second-order valence-electron chi connectivity index (χ2n) is 5.71. The molecule has 2 rings (SSSR count). The van der Waals surface area contributed by atoms with E-state index in [-0.39, 0.29) is 17.9 Å². The van der Waals surface area contributed by atoms with Crippen molar-refractivity contribution in [2.45, 2.75) is 13.5 Å². The molecule has 9 heteroatoms. The van der Waals surface area contributed by atoms with Crippen molar-refractivity contribution in [1.82, 2.24) is 10.7 Å². The number of carbonyl (C=O) groups excluding carboxylic acids is 3. The van der Waals surface area contributed by atoms with Gasteiger partial charge in [-0.25, -0.2) is 5.43 Å². The minimum Gasteiger partial charge on any atom is -0.545 e. The number of nitrogens with zero attached hydrogens (tertiary/aromatic N) is 1. The number of amides is 2. The summed E-state index contributed by atoms with van der Waals surface area (Å²) in [6.45, 7) is 2.19. The zero-order valence-corrected chi connectivity index (χ0v) is 15.9. The Balaban J connectivity index is 1.90. The zero-order valence-electron chi connectivity index (χ0n) is 15.9. The van der Waals surface area contributed by atoms with E-state index in [4.69, 9.17) is 9.47 Å². The second kappa shape index (κ2) is 10.5. The highest BCUT2D eigenvalue weighted by atomic mass is 16.5. The molecule has 0 radical (unpaired) electrons. The fourth-order valence-corrected chi connectivity index (χ4v) is 2.29. The van der Waals surface area contributed by atoms with Gasteiger partial charge in [-0.15, -0.1) is 0 Å². The molecule has 0 heterocycles. The molecule has 2 aromatic rings. The van der Waals surface area contributed by atoms with Gasteiger partial charge in [0.1, 0.15) is 11.5 Å². The van der Waals surface area contributed by atoms with Crippen molar-refractivity contribution in [3.05, 3.63) is 59.2 Å². The van der Waals surface area contributed by atoms with Crippen LogP contribution in [0.25, 0.3) is 0 Å². The number of rotatable bonds is 8. The highest BCUT2D eigenvalue weighted by molar-refractivity contribution is 6.35. The van der Waals surface area contributed by atoms with Crippen molar-refractivity contribution in [3.8, 4) is 11.5 Å². The van der Waals surface area contributed by atoms with E-state index in [2.05, 4.69) is 15.8 Å². The minimum absolute atomic E-state index is 0.139. The monoisotopic (exact) mass is 398 g/mol. The number of hydrogen-bond acceptors (Lipinski definition) is 7. The lowest BCUT2D eigenvalue weighted by Gasteiger charge is -2.11. The molecule has 2 N–H and O–H groups in total. The maximum atomic E-state index is 11.8. The molecule has 0 unspecified atom stereocenters. The van der Waals surface area contributed by atoms with Crippen LogP contribution in [0.2, 0.25) is 0 Å². The summed E-state index contributed by atoms with van der Waals surface area (Å²) in [5, 5.41) is 17.3. The van der Waals surface area contributed by atoms with E-state index in [1.54, 1.807) is 44.4 Å². The molecule has 0 aliphatic heterocycles. The topological polar surface area (TPSA) is 129 Å². The predicted octanol–water partition coefficient (Wildman–Crippen LogP) is 0.224. The third-order valence-corrected chi connectivity index (χ3v) is 3.72. The molecule has 0 atom stereocenters. The number of carbonyl (C=O) groups is 3. The Morgan fingerprint density at radius 1 is 1.10 bits per heavy atom. The van der Waals surface area contributed by atoms with Crippen molar-refractivity contribution in [3.63, 3.8) is 0 Å². The van der Waals surface area contributed by atoms with Crippen LogP contribution in [0.5, 0.6) is 11.5 Å². The number of carboxylic acids is 1. The van der Waals surface area contributed by atoms with E-state index in [1.807, 2.05) is 0 Å². The molecule has 0 bridgehead atoms. The van der Waals surface area contributed by atoms with Gasteiger partial charge in [0.25, 0.3) is 0 Å². The summed E-state index contributed by atoms with van der Waals surface area (Å²) in [6, 6.07) is 11.3. The molecule has 152 valence electrons. The lowest BCUT2D eigenvalue weighted by atomic mass is 10.1. The molecule has 0 aliphatic carbocycles. The Morgan fingerprint density at radius 2 is 1.83 bits per heavy atom. The predicted molar refractivity (Wildman–Crippen MR) is 103 cm³/mol. The van der Waals surface area contributed by atoms with E-state index in [0.29, 0.717) is 17.9 Å². The van der Waals surface area contributed by atoms with Crippen molar-refractivity contribution in [2.75, 3.05) is 13.7 Å². The third kappa shape index (κ3) is 6.35. The molecule has 2 amide bonds. The van der Waals surface area contributed by atoms with Crippen LogP contribution < -0.4 is 25.3 Å². The van der Waals surface area contributed by atoms with Gasteiger partial charge in [-0.3, -0.25) is 9.59 Å². The molecule has 0 aliphatic rings. The molecule has 9 nitrogen and oxygen atoms in total. The lowest BCUT2D eigenvalue weighted by molar-refractivity contribution is -0.255. The van der Waals surface area contributed by atoms with Crippen molar-refractivity contribution in [2.24, 2.45) is 5.10 Å². The first-order valence-corrected chi connectivity index (χ1v) is 8.67. The average molecular weight is 398 g/mol. The van der Waals surface area contributed by atoms with E-state index in [0.717, 1.165) is 5.56 Å². The average Bonchev–Trinajstić information content (AvgIpc) is 2.73. The molecular formula is C20H20N3O6-. The van der Waals surface area contributed by atoms with Crippen molar-refractivity contribution < 1.29 is 29.0 Å². The number of aromatic carboxylic acids is 1. The van der Waals surface area contributed by atoms with Crippen LogP contribution in [0.1, 0.15) is 28.4 Å². The molecule has 0 saturated carbocycles. The molecule has 0 saturated heterocycles. The van der Waals surface area contributed by atoms with Gasteiger partial charge in [0.05, 0.1) is 25.9 Å². The second-order valence-corrected chi connectivity index (χ2v) is 5.71. The van der Waals surface area contributed by atoms with Crippen LogP contribution in [0.3, 0.4) is 0 Å². The van der Waals surface area contributed by atoms with Crippen molar-refractivity contribution in [1.29, 1.82) is 0 Å². The number of hydrazone groups is 1. The maximum Gasteiger partial charge on any atom is 0.329 e. The zero-order chi connectivity index (χ0) is 21.2. The van der Waals surface area contributed by atoms with E-state index in [9.17, 15) is 19.5 Å². The summed E-state index contributed by atoms with van der Waals surface area (Å²) in [6.07, 6.45) is 1.21. The summed E-state index contributed by atoms with van der Waals surface area (Å²) in [5.74, 6) is -2.36. The van der Waals surface area contributed by atoms with Gasteiger partial charge in [0.2, 0.25) is 0 Å². The van der Waals surface area contributed by atoms with Gasteiger partial charge in [-0.1, -0.05) is 12.1 Å². The number of benzene rings is 2. The van der Waals surface area contributed by atoms with Gasteiger partial charge in [0.15, 0.2) is 0 Å². The lowest BCUT2D eigenvalue weighted by Crippen LogP contribution is -2.37. The van der Waals surface area contributed by atoms with Gasteiger partial charge < -0.3 is 24.7 Å². The number of nitrogens with one attached hydrogen (secondary N) is 2. The molecule has 0 fully saturated rings. The quantitative estimate of drug-likeness (QED) is 0.372. The molecule has 0 aromatic heterocycles. The third-order valence-electron chi connectivity index (χ3n) is 3.72. The van der Waals surface area contributed by atoms with Crippen LogP contribution in [0.15, 0.2) is 47.6 Å². The fraction of sp³-hybridized carbons (Fsp3) is 0.200. The molecule has 2 aromatic carbocycles. The SMILES string of the molecule is CCOc1ccc(/C=N\NC(=O)C(=O)NCc2ccc(OC)cc2)cc1C(=O)[O-]. The highest BCUT2D eigenvalue weighted by Crippen LogP contribution is 2.19. The standard InChI is InChI=1S/C20H21N3O6/c1-3-29-17-9-6-14(10-16(17)20(26)27)12-22-23-19(25)18(24)21-11-13-4-7-15(28-2)8-5-13/h4-10,12H,3,11H2,1-2H3,(H,21,24)(H,23,25)(H,26,27)/p-1/b22-12-. The summed E-state index contributed by atoms with van der Waals surface area (Å²) >= 11 is 0. The summed E-state index contributed by atoms with van der Waals surface area (Å²) in [4.78, 5) is 34.8. The fourth-order valence-electron chi connectivity index (χ4n) is 2.29. The first-order chi connectivity index (χ1) is 13.9.